The molecule has 56 heavy (non-hydrogen) atoms. The summed E-state index contributed by atoms with van der Waals surface area (Å²) in [5.41, 5.74) is 4.80. The van der Waals surface area contributed by atoms with Crippen molar-refractivity contribution >= 4 is 41.5 Å². The number of aromatic nitrogens is 2. The number of fused-ring (bicyclic) bond motifs is 4. The van der Waals surface area contributed by atoms with Gasteiger partial charge in [0.1, 0.15) is 42.8 Å². The third kappa shape index (κ3) is 7.30. The third-order valence-electron chi connectivity index (χ3n) is 11.6. The molecule has 296 valence electrons. The number of nitrogens with zero attached hydrogens (tertiary/aromatic N) is 5. The fourth-order valence-corrected chi connectivity index (χ4v) is 14.4. The quantitative estimate of drug-likeness (QED) is 0.0990. The highest BCUT2D eigenvalue weighted by molar-refractivity contribution is 6.90. The second kappa shape index (κ2) is 15.6. The maximum Gasteiger partial charge on any atom is 0.410 e. The summed E-state index contributed by atoms with van der Waals surface area (Å²) in [5, 5.41) is 11.9. The molecule has 1 amide bonds. The van der Waals surface area contributed by atoms with Crippen LogP contribution in [0.4, 0.5) is 19.4 Å². The molecule has 6 rings (SSSR count). The lowest BCUT2D eigenvalue weighted by Crippen LogP contribution is -2.57. The molecule has 2 bridgehead atoms. The minimum Gasteiger partial charge on any atom is -0.468 e. The van der Waals surface area contributed by atoms with Crippen LogP contribution < -0.4 is 9.64 Å². The van der Waals surface area contributed by atoms with Gasteiger partial charge in [0.15, 0.2) is 12.6 Å². The number of hydrogen-bond acceptors (Lipinski definition) is 8. The Balaban J connectivity index is 1.56. The summed E-state index contributed by atoms with van der Waals surface area (Å²) in [6, 6.07) is 8.37. The molecule has 12 heteroatoms. The molecule has 2 saturated heterocycles. The van der Waals surface area contributed by atoms with Gasteiger partial charge in [0.05, 0.1) is 28.9 Å². The van der Waals surface area contributed by atoms with Gasteiger partial charge in [-0.1, -0.05) is 53.5 Å². The Hall–Kier alpha value is -4.78. The van der Waals surface area contributed by atoms with Gasteiger partial charge >= 0.3 is 6.09 Å². The van der Waals surface area contributed by atoms with Crippen molar-refractivity contribution in [3.63, 3.8) is 0 Å². The molecule has 0 saturated carbocycles. The molecular weight excluding hydrogens is 729 g/mol. The van der Waals surface area contributed by atoms with Crippen LogP contribution in [0.15, 0.2) is 30.5 Å². The summed E-state index contributed by atoms with van der Waals surface area (Å²) in [7, 11) is -0.793. The van der Waals surface area contributed by atoms with Crippen molar-refractivity contribution in [1.82, 2.24) is 14.9 Å². The van der Waals surface area contributed by atoms with Gasteiger partial charge in [-0.2, -0.15) is 5.26 Å². The van der Waals surface area contributed by atoms with Crippen molar-refractivity contribution in [1.29, 1.82) is 5.26 Å². The number of ether oxygens (including phenoxy) is 3. The molecule has 0 N–H and O–H groups in total. The van der Waals surface area contributed by atoms with Crippen LogP contribution in [0.5, 0.6) is 5.75 Å². The average molecular weight is 782 g/mol. The van der Waals surface area contributed by atoms with Gasteiger partial charge < -0.3 is 19.1 Å². The monoisotopic (exact) mass is 781 g/mol. The predicted molar refractivity (Wildman–Crippen MR) is 219 cm³/mol. The third-order valence-corrected chi connectivity index (χ3v) is 17.8. The number of carbonyl (C=O) groups is 1. The molecule has 2 aromatic carbocycles. The van der Waals surface area contributed by atoms with Crippen LogP contribution in [-0.4, -0.2) is 73.7 Å². The van der Waals surface area contributed by atoms with Gasteiger partial charge in [0.25, 0.3) is 0 Å². The van der Waals surface area contributed by atoms with E-state index in [1.165, 1.54) is 13.2 Å². The first-order valence-corrected chi connectivity index (χ1v) is 21.7. The number of aryl methyl sites for hydroxylation is 1. The van der Waals surface area contributed by atoms with Crippen molar-refractivity contribution in [2.45, 2.75) is 116 Å². The molecule has 2 aliphatic rings. The molecule has 9 nitrogen and oxygen atoms in total. The van der Waals surface area contributed by atoms with E-state index in [1.54, 1.807) is 31.3 Å². The van der Waals surface area contributed by atoms with E-state index in [-0.39, 0.29) is 52.7 Å². The Labute approximate surface area is 330 Å². The van der Waals surface area contributed by atoms with Crippen LogP contribution in [0.3, 0.4) is 0 Å². The van der Waals surface area contributed by atoms with Crippen LogP contribution in [0.2, 0.25) is 16.6 Å². The van der Waals surface area contributed by atoms with Crippen molar-refractivity contribution in [3.05, 3.63) is 58.9 Å². The number of methoxy groups -OCH3 is 1. The molecule has 2 aromatic heterocycles. The lowest BCUT2D eigenvalue weighted by atomic mass is 9.94. The molecule has 2 fully saturated rings. The zero-order valence-corrected chi connectivity index (χ0v) is 35.4. The minimum absolute atomic E-state index is 0.0618. The number of anilines is 1. The fourth-order valence-electron chi connectivity index (χ4n) is 9.15. The number of piperazine rings is 1. The van der Waals surface area contributed by atoms with E-state index >= 15 is 8.78 Å². The first-order valence-electron chi connectivity index (χ1n) is 19.5. The first kappa shape index (κ1) is 40.9. The molecular formula is C44H53F2N5O4Si. The van der Waals surface area contributed by atoms with Gasteiger partial charge in [-0.05, 0) is 80.7 Å². The maximum absolute atomic E-state index is 17.5. The van der Waals surface area contributed by atoms with E-state index in [9.17, 15) is 10.1 Å². The zero-order valence-electron chi connectivity index (χ0n) is 34.4. The van der Waals surface area contributed by atoms with Gasteiger partial charge in [0, 0.05) is 48.1 Å². The molecule has 0 radical (unpaired) electrons. The normalized spacial score (nSPS) is 17.2. The second-order valence-electron chi connectivity index (χ2n) is 17.1. The van der Waals surface area contributed by atoms with E-state index in [2.05, 4.69) is 64.0 Å². The standard InChI is InChI=1S/C44H53F2N5O4Si/c1-25(2)56(26(3)4,27(5)6)17-16-33-37(45)15-12-29-18-32(54-24-53-11)19-34(38(29)33)41-40(46)39-35(20-47)28(7)49-42(36(39)21-48-41)50-22-30-13-14-31(23-50)51(30)43(52)55-44(8,9)10/h12,15,18-19,21,25-27,30-31H,13-14,22-24H2,1-11H3. The molecule has 2 atom stereocenters. The van der Waals surface area contributed by atoms with Crippen LogP contribution in [0.25, 0.3) is 32.8 Å². The number of hydrogen-bond donors (Lipinski definition) is 0. The van der Waals surface area contributed by atoms with Crippen LogP contribution in [-0.2, 0) is 9.47 Å². The summed E-state index contributed by atoms with van der Waals surface area (Å²) in [5.74, 6) is 2.93. The molecule has 0 aliphatic carbocycles. The number of carbonyl (C=O) groups excluding carboxylic acids is 1. The Kier molecular flexibility index (Phi) is 11.4. The fraction of sp³-hybridized carbons (Fsp3) is 0.500. The van der Waals surface area contributed by atoms with Gasteiger partial charge in [0.2, 0.25) is 0 Å². The molecule has 2 aliphatic heterocycles. The summed E-state index contributed by atoms with van der Waals surface area (Å²) < 4.78 is 50.5. The summed E-state index contributed by atoms with van der Waals surface area (Å²) in [4.78, 5) is 26.7. The van der Waals surface area contributed by atoms with E-state index in [0.29, 0.717) is 63.1 Å². The predicted octanol–water partition coefficient (Wildman–Crippen LogP) is 10.0. The number of rotatable bonds is 8. The summed E-state index contributed by atoms with van der Waals surface area (Å²) >= 11 is 0. The topological polar surface area (TPSA) is 101 Å². The van der Waals surface area contributed by atoms with Crippen LogP contribution in [0.1, 0.15) is 92.0 Å². The summed E-state index contributed by atoms with van der Waals surface area (Å²) in [6.07, 6.45) is 2.81. The Morgan fingerprint density at radius 2 is 1.64 bits per heavy atom. The number of pyridine rings is 2. The smallest absolute Gasteiger partial charge is 0.410 e. The largest absolute Gasteiger partial charge is 0.468 e. The zero-order chi connectivity index (χ0) is 40.9. The Morgan fingerprint density at radius 3 is 2.21 bits per heavy atom. The Morgan fingerprint density at radius 1 is 1.00 bits per heavy atom. The van der Waals surface area contributed by atoms with Crippen LogP contribution in [0, 0.1) is 41.4 Å². The number of halogens is 2. The van der Waals surface area contributed by atoms with E-state index in [1.807, 2.05) is 25.7 Å². The molecule has 4 heterocycles. The highest BCUT2D eigenvalue weighted by atomic mass is 28.3. The molecule has 4 aromatic rings. The van der Waals surface area contributed by atoms with Gasteiger partial charge in [-0.15, -0.1) is 5.54 Å². The van der Waals surface area contributed by atoms with Crippen molar-refractivity contribution in [2.24, 2.45) is 0 Å². The maximum atomic E-state index is 17.5. The van der Waals surface area contributed by atoms with Gasteiger partial charge in [-0.3, -0.25) is 9.88 Å². The van der Waals surface area contributed by atoms with Crippen molar-refractivity contribution < 1.29 is 27.8 Å². The number of amides is 1. The molecule has 0 spiro atoms. The van der Waals surface area contributed by atoms with Crippen molar-refractivity contribution in [3.8, 4) is 34.5 Å². The average Bonchev–Trinajstić information content (AvgIpc) is 3.39. The summed E-state index contributed by atoms with van der Waals surface area (Å²) in [6.45, 7) is 21.3. The highest BCUT2D eigenvalue weighted by Gasteiger charge is 2.45. The lowest BCUT2D eigenvalue weighted by Gasteiger charge is -2.42. The van der Waals surface area contributed by atoms with E-state index < -0.39 is 25.3 Å². The molecule has 2 unspecified atom stereocenters. The first-order chi connectivity index (χ1) is 26.4. The van der Waals surface area contributed by atoms with Crippen LogP contribution >= 0.6 is 0 Å². The number of nitriles is 1. The Bertz CT molecular complexity index is 2250. The second-order valence-corrected chi connectivity index (χ2v) is 22.7. The van der Waals surface area contributed by atoms with E-state index in [4.69, 9.17) is 24.2 Å². The van der Waals surface area contributed by atoms with Gasteiger partial charge in [-0.25, -0.2) is 18.6 Å². The van der Waals surface area contributed by atoms with Crippen molar-refractivity contribution in [2.75, 3.05) is 31.9 Å². The van der Waals surface area contributed by atoms with E-state index in [0.717, 1.165) is 12.8 Å². The number of benzene rings is 2. The lowest BCUT2D eigenvalue weighted by molar-refractivity contribution is 0.0123. The highest BCUT2D eigenvalue weighted by Crippen LogP contribution is 2.44. The SMILES string of the molecule is COCOc1cc(-c2ncc3c(N4CC5CCC(C4)N5C(=O)OC(C)(C)C)nc(C)c(C#N)c3c2F)c2c(C#C[Si](C(C)C)(C(C)C)C(C)C)c(F)ccc2c1. The minimum atomic E-state index is -2.30.